The molecule has 0 unspecified atom stereocenters. The summed E-state index contributed by atoms with van der Waals surface area (Å²) in [6.07, 6.45) is 0.877. The first-order chi connectivity index (χ1) is 10.0. The monoisotopic (exact) mass is 286 g/mol. The summed E-state index contributed by atoms with van der Waals surface area (Å²) >= 11 is 0. The Balaban J connectivity index is 2.16. The van der Waals surface area contributed by atoms with E-state index in [1.54, 1.807) is 13.0 Å². The van der Waals surface area contributed by atoms with Crippen LogP contribution < -0.4 is 10.5 Å². The number of hydrogen-bond acceptors (Lipinski definition) is 4. The van der Waals surface area contributed by atoms with E-state index in [0.717, 1.165) is 17.5 Å². The molecular formula is C16H18N2O3. The maximum absolute atomic E-state index is 10.7. The molecule has 0 radical (unpaired) electrons. The topological polar surface area (TPSA) is 78.4 Å². The van der Waals surface area contributed by atoms with E-state index < -0.39 is 4.92 Å². The minimum atomic E-state index is -0.419. The molecule has 5 nitrogen and oxygen atoms in total. The summed E-state index contributed by atoms with van der Waals surface area (Å²) in [4.78, 5) is 10.3. The van der Waals surface area contributed by atoms with Crippen LogP contribution in [0.25, 0.3) is 0 Å². The van der Waals surface area contributed by atoms with Gasteiger partial charge < -0.3 is 10.5 Å². The molecule has 0 fully saturated rings. The van der Waals surface area contributed by atoms with Gasteiger partial charge in [0.15, 0.2) is 0 Å². The lowest BCUT2D eigenvalue weighted by atomic mass is 10.1. The van der Waals surface area contributed by atoms with Gasteiger partial charge in [-0.2, -0.15) is 0 Å². The summed E-state index contributed by atoms with van der Waals surface area (Å²) in [7, 11) is 0. The minimum absolute atomic E-state index is 0.0279. The minimum Gasteiger partial charge on any atom is -0.457 e. The average molecular weight is 286 g/mol. The van der Waals surface area contributed by atoms with Crippen molar-refractivity contribution in [3.63, 3.8) is 0 Å². The molecule has 2 aromatic carbocycles. The van der Waals surface area contributed by atoms with Crippen LogP contribution in [0, 0.1) is 17.0 Å². The zero-order valence-corrected chi connectivity index (χ0v) is 12.1. The van der Waals surface area contributed by atoms with E-state index in [0.29, 0.717) is 11.5 Å². The first kappa shape index (κ1) is 15.0. The van der Waals surface area contributed by atoms with Gasteiger partial charge in [-0.05, 0) is 42.7 Å². The summed E-state index contributed by atoms with van der Waals surface area (Å²) < 4.78 is 5.75. The second-order valence-electron chi connectivity index (χ2n) is 4.89. The zero-order chi connectivity index (χ0) is 15.4. The fourth-order valence-corrected chi connectivity index (χ4v) is 2.01. The van der Waals surface area contributed by atoms with Gasteiger partial charge in [0.2, 0.25) is 0 Å². The highest BCUT2D eigenvalue weighted by molar-refractivity contribution is 5.45. The number of rotatable bonds is 5. The molecule has 0 aliphatic heterocycles. The van der Waals surface area contributed by atoms with Crippen molar-refractivity contribution >= 4 is 5.69 Å². The van der Waals surface area contributed by atoms with Gasteiger partial charge in [0, 0.05) is 18.2 Å². The summed E-state index contributed by atoms with van der Waals surface area (Å²) in [5.41, 5.74) is 7.80. The van der Waals surface area contributed by atoms with Crippen LogP contribution in [0.2, 0.25) is 0 Å². The Kier molecular flexibility index (Phi) is 4.55. The van der Waals surface area contributed by atoms with E-state index in [1.165, 1.54) is 12.1 Å². The number of aryl methyl sites for hydroxylation is 1. The van der Waals surface area contributed by atoms with Crippen LogP contribution in [0.3, 0.4) is 0 Å². The molecule has 0 bridgehead atoms. The Morgan fingerprint density at radius 2 is 1.90 bits per heavy atom. The van der Waals surface area contributed by atoms with Gasteiger partial charge in [0.05, 0.1) is 4.92 Å². The molecule has 110 valence electrons. The van der Waals surface area contributed by atoms with Crippen molar-refractivity contribution in [2.75, 3.05) is 0 Å². The SMILES string of the molecule is CC[C@H](N)c1ccc(Oc2ccc([N+](=O)[O-])cc2C)cc1. The third-order valence-corrected chi connectivity index (χ3v) is 3.35. The number of nitro benzene ring substituents is 1. The largest absolute Gasteiger partial charge is 0.457 e. The third-order valence-electron chi connectivity index (χ3n) is 3.35. The molecule has 2 aromatic rings. The van der Waals surface area contributed by atoms with Crippen LogP contribution in [0.4, 0.5) is 5.69 Å². The summed E-state index contributed by atoms with van der Waals surface area (Å²) in [5.74, 6) is 1.28. The number of nitrogens with two attached hydrogens (primary N) is 1. The lowest BCUT2D eigenvalue weighted by molar-refractivity contribution is -0.384. The molecule has 0 heterocycles. The molecule has 0 saturated carbocycles. The third kappa shape index (κ3) is 3.58. The Morgan fingerprint density at radius 3 is 2.43 bits per heavy atom. The van der Waals surface area contributed by atoms with E-state index >= 15 is 0 Å². The van der Waals surface area contributed by atoms with E-state index in [-0.39, 0.29) is 11.7 Å². The Bertz CT molecular complexity index is 638. The molecule has 0 aromatic heterocycles. The Labute approximate surface area is 123 Å². The van der Waals surface area contributed by atoms with Gasteiger partial charge in [0.1, 0.15) is 11.5 Å². The normalized spacial score (nSPS) is 12.0. The second kappa shape index (κ2) is 6.37. The van der Waals surface area contributed by atoms with Crippen molar-refractivity contribution in [2.45, 2.75) is 26.3 Å². The Hall–Kier alpha value is -2.40. The van der Waals surface area contributed by atoms with Crippen molar-refractivity contribution in [2.24, 2.45) is 5.73 Å². The number of non-ortho nitro benzene ring substituents is 1. The molecular weight excluding hydrogens is 268 g/mol. The van der Waals surface area contributed by atoms with E-state index in [9.17, 15) is 10.1 Å². The van der Waals surface area contributed by atoms with Gasteiger partial charge >= 0.3 is 0 Å². The van der Waals surface area contributed by atoms with Crippen LogP contribution in [0.1, 0.15) is 30.5 Å². The molecule has 0 spiro atoms. The first-order valence-electron chi connectivity index (χ1n) is 6.79. The fraction of sp³-hybridized carbons (Fsp3) is 0.250. The van der Waals surface area contributed by atoms with Crippen LogP contribution in [-0.2, 0) is 0 Å². The highest BCUT2D eigenvalue weighted by Gasteiger charge is 2.10. The van der Waals surface area contributed by atoms with Gasteiger partial charge in [0.25, 0.3) is 5.69 Å². The smallest absolute Gasteiger partial charge is 0.269 e. The number of ether oxygens (including phenoxy) is 1. The molecule has 21 heavy (non-hydrogen) atoms. The lowest BCUT2D eigenvalue weighted by Gasteiger charge is -2.11. The van der Waals surface area contributed by atoms with Crippen molar-refractivity contribution in [3.8, 4) is 11.5 Å². The summed E-state index contributed by atoms with van der Waals surface area (Å²) in [6, 6.07) is 12.1. The lowest BCUT2D eigenvalue weighted by Crippen LogP contribution is -2.08. The van der Waals surface area contributed by atoms with E-state index in [1.807, 2.05) is 31.2 Å². The van der Waals surface area contributed by atoms with Crippen molar-refractivity contribution in [3.05, 3.63) is 63.7 Å². The number of hydrogen-bond donors (Lipinski definition) is 1. The van der Waals surface area contributed by atoms with Gasteiger partial charge in [-0.3, -0.25) is 10.1 Å². The van der Waals surface area contributed by atoms with Gasteiger partial charge in [-0.15, -0.1) is 0 Å². The molecule has 0 aliphatic rings. The Morgan fingerprint density at radius 1 is 1.24 bits per heavy atom. The molecule has 0 saturated heterocycles. The zero-order valence-electron chi connectivity index (χ0n) is 12.1. The highest BCUT2D eigenvalue weighted by atomic mass is 16.6. The molecule has 2 rings (SSSR count). The van der Waals surface area contributed by atoms with E-state index in [2.05, 4.69) is 0 Å². The van der Waals surface area contributed by atoms with Crippen molar-refractivity contribution in [1.29, 1.82) is 0 Å². The maximum Gasteiger partial charge on any atom is 0.269 e. The molecule has 2 N–H and O–H groups in total. The summed E-state index contributed by atoms with van der Waals surface area (Å²) in [6.45, 7) is 3.82. The van der Waals surface area contributed by atoms with E-state index in [4.69, 9.17) is 10.5 Å². The number of benzene rings is 2. The predicted octanol–water partition coefficient (Wildman–Crippen LogP) is 4.11. The predicted molar refractivity (Wildman–Crippen MR) is 81.6 cm³/mol. The highest BCUT2D eigenvalue weighted by Crippen LogP contribution is 2.28. The van der Waals surface area contributed by atoms with Crippen molar-refractivity contribution < 1.29 is 9.66 Å². The average Bonchev–Trinajstić information content (AvgIpc) is 2.49. The van der Waals surface area contributed by atoms with Crippen LogP contribution in [0.5, 0.6) is 11.5 Å². The summed E-state index contributed by atoms with van der Waals surface area (Å²) in [5, 5.41) is 10.7. The first-order valence-corrected chi connectivity index (χ1v) is 6.79. The molecule has 1 atom stereocenters. The van der Waals surface area contributed by atoms with Crippen LogP contribution in [-0.4, -0.2) is 4.92 Å². The molecule has 0 amide bonds. The maximum atomic E-state index is 10.7. The quantitative estimate of drug-likeness (QED) is 0.662. The fourth-order valence-electron chi connectivity index (χ4n) is 2.01. The standard InChI is InChI=1S/C16H18N2O3/c1-3-15(17)12-4-7-14(8-5-12)21-16-9-6-13(18(19)20)10-11(16)2/h4-10,15H,3,17H2,1-2H3/t15-/m0/s1. The van der Waals surface area contributed by atoms with Crippen LogP contribution in [0.15, 0.2) is 42.5 Å². The number of nitro groups is 1. The van der Waals surface area contributed by atoms with Gasteiger partial charge in [-0.1, -0.05) is 19.1 Å². The molecule has 0 aliphatic carbocycles. The van der Waals surface area contributed by atoms with Crippen molar-refractivity contribution in [1.82, 2.24) is 0 Å². The molecule has 5 heteroatoms. The second-order valence-corrected chi connectivity index (χ2v) is 4.89. The van der Waals surface area contributed by atoms with Gasteiger partial charge in [-0.25, -0.2) is 0 Å². The van der Waals surface area contributed by atoms with Crippen LogP contribution >= 0.6 is 0 Å². The number of nitrogens with zero attached hydrogens (tertiary/aromatic N) is 1.